The molecule has 2 amide bonds. The van der Waals surface area contributed by atoms with Crippen LogP contribution in [0.2, 0.25) is 0 Å². The minimum Gasteiger partial charge on any atom is -0.438 e. The van der Waals surface area contributed by atoms with E-state index in [0.717, 1.165) is 17.7 Å². The molecule has 0 bridgehead atoms. The topological polar surface area (TPSA) is 75.4 Å². The van der Waals surface area contributed by atoms with Crippen molar-refractivity contribution >= 4 is 17.5 Å². The Kier molecular flexibility index (Phi) is 4.19. The molecule has 1 saturated heterocycles. The number of likely N-dealkylation sites (tertiary alicyclic amines) is 1. The smallest absolute Gasteiger partial charge is 0.291 e. The van der Waals surface area contributed by atoms with E-state index in [1.165, 1.54) is 18.2 Å². The van der Waals surface area contributed by atoms with Gasteiger partial charge in [-0.3, -0.25) is 9.59 Å². The monoisotopic (exact) mass is 387 g/mol. The normalized spacial score (nSPS) is 22.7. The van der Waals surface area contributed by atoms with Crippen LogP contribution in [-0.4, -0.2) is 34.3 Å². The lowest BCUT2D eigenvalue weighted by molar-refractivity contribution is -0.121. The molecular formula is C23H21N3O3. The van der Waals surface area contributed by atoms with E-state index >= 15 is 0 Å². The van der Waals surface area contributed by atoms with Crippen molar-refractivity contribution in [2.45, 2.75) is 30.7 Å². The van der Waals surface area contributed by atoms with Crippen LogP contribution in [0.4, 0.5) is 5.69 Å². The summed E-state index contributed by atoms with van der Waals surface area (Å²) in [5.74, 6) is -0.0299. The molecule has 0 aliphatic carbocycles. The molecule has 1 aromatic heterocycles. The van der Waals surface area contributed by atoms with E-state index in [2.05, 4.69) is 22.4 Å². The molecule has 6 heteroatoms. The van der Waals surface area contributed by atoms with Gasteiger partial charge in [0.2, 0.25) is 11.7 Å². The first-order valence-electron chi connectivity index (χ1n) is 9.84. The summed E-state index contributed by atoms with van der Waals surface area (Å²) >= 11 is 0. The lowest BCUT2D eigenvalue weighted by Gasteiger charge is -2.33. The summed E-state index contributed by atoms with van der Waals surface area (Å²) in [5, 5.41) is 3.04. The molecule has 0 unspecified atom stereocenters. The molecule has 3 heterocycles. The second-order valence-corrected chi connectivity index (χ2v) is 7.63. The molecule has 146 valence electrons. The Morgan fingerprint density at radius 3 is 2.76 bits per heavy atom. The van der Waals surface area contributed by atoms with Crippen molar-refractivity contribution in [1.29, 1.82) is 0 Å². The fourth-order valence-corrected chi connectivity index (χ4v) is 4.86. The number of nitrogens with one attached hydrogen (secondary N) is 1. The van der Waals surface area contributed by atoms with E-state index in [0.29, 0.717) is 19.4 Å². The van der Waals surface area contributed by atoms with Gasteiger partial charge in [-0.15, -0.1) is 0 Å². The lowest BCUT2D eigenvalue weighted by atomic mass is 9.73. The number of carbonyl (C=O) groups excluding carboxylic acids is 2. The Morgan fingerprint density at radius 1 is 1.17 bits per heavy atom. The van der Waals surface area contributed by atoms with E-state index in [-0.39, 0.29) is 23.6 Å². The Hall–Kier alpha value is -3.41. The summed E-state index contributed by atoms with van der Waals surface area (Å²) in [6, 6.07) is 17.7. The summed E-state index contributed by atoms with van der Waals surface area (Å²) in [7, 11) is 0. The van der Waals surface area contributed by atoms with Crippen molar-refractivity contribution in [3.63, 3.8) is 0 Å². The third-order valence-corrected chi connectivity index (χ3v) is 6.21. The highest BCUT2D eigenvalue weighted by Crippen LogP contribution is 2.49. The van der Waals surface area contributed by atoms with Crippen LogP contribution in [0, 0.1) is 0 Å². The van der Waals surface area contributed by atoms with Crippen molar-refractivity contribution in [3.8, 4) is 0 Å². The highest BCUT2D eigenvalue weighted by Gasteiger charge is 2.58. The maximum absolute atomic E-state index is 13.2. The van der Waals surface area contributed by atoms with Gasteiger partial charge in [-0.05, 0) is 36.5 Å². The number of amides is 2. The van der Waals surface area contributed by atoms with Crippen molar-refractivity contribution in [3.05, 3.63) is 84.1 Å². The third-order valence-electron chi connectivity index (χ3n) is 6.21. The molecule has 2 aromatic carbocycles. The molecule has 29 heavy (non-hydrogen) atoms. The number of benzene rings is 2. The number of anilines is 1. The minimum absolute atomic E-state index is 0.0235. The molecule has 2 aliphatic rings. The van der Waals surface area contributed by atoms with Crippen LogP contribution in [0.25, 0.3) is 0 Å². The zero-order valence-electron chi connectivity index (χ0n) is 15.9. The Labute approximate surface area is 168 Å². The molecule has 0 radical (unpaired) electrons. The predicted octanol–water partition coefficient (Wildman–Crippen LogP) is 3.41. The second kappa shape index (κ2) is 6.88. The number of hydrogen-bond donors (Lipinski definition) is 1. The average molecular weight is 387 g/mol. The van der Waals surface area contributed by atoms with Crippen LogP contribution in [0.1, 0.15) is 34.5 Å². The number of hydrogen-bond acceptors (Lipinski definition) is 4. The summed E-state index contributed by atoms with van der Waals surface area (Å²) in [6.07, 6.45) is 4.75. The highest BCUT2D eigenvalue weighted by atomic mass is 16.3. The first kappa shape index (κ1) is 17.7. The van der Waals surface area contributed by atoms with Gasteiger partial charge in [0.1, 0.15) is 0 Å². The summed E-state index contributed by atoms with van der Waals surface area (Å²) < 4.78 is 5.26. The van der Waals surface area contributed by atoms with Gasteiger partial charge >= 0.3 is 0 Å². The zero-order chi connectivity index (χ0) is 19.8. The molecule has 1 spiro atoms. The van der Waals surface area contributed by atoms with Crippen LogP contribution < -0.4 is 5.32 Å². The van der Waals surface area contributed by atoms with Crippen LogP contribution in [-0.2, 0) is 16.6 Å². The van der Waals surface area contributed by atoms with Gasteiger partial charge in [0.25, 0.3) is 5.91 Å². The third kappa shape index (κ3) is 2.75. The molecule has 2 aliphatic heterocycles. The fraction of sp³-hybridized carbons (Fsp3) is 0.261. The average Bonchev–Trinajstić information content (AvgIpc) is 3.47. The van der Waals surface area contributed by atoms with Crippen molar-refractivity contribution in [2.75, 3.05) is 11.9 Å². The number of aryl methyl sites for hydroxylation is 1. The van der Waals surface area contributed by atoms with Crippen LogP contribution in [0.15, 0.2) is 71.6 Å². The van der Waals surface area contributed by atoms with E-state index in [1.54, 1.807) is 4.90 Å². The standard InChI is InChI=1S/C23H21N3O3/c27-21(19-14-24-15-29-19)26-13-12-23(17-8-4-5-9-18(17)25-22(23)28)20(26)11-10-16-6-2-1-3-7-16/h1-9,14-15,20H,10-13H2,(H,25,28)/t20-,23+/m0/s1. The van der Waals surface area contributed by atoms with Gasteiger partial charge in [-0.1, -0.05) is 48.5 Å². The molecule has 0 saturated carbocycles. The molecule has 2 atom stereocenters. The molecular weight excluding hydrogens is 366 g/mol. The van der Waals surface area contributed by atoms with Gasteiger partial charge in [-0.2, -0.15) is 0 Å². The molecule has 6 nitrogen and oxygen atoms in total. The summed E-state index contributed by atoms with van der Waals surface area (Å²) in [4.78, 5) is 32.1. The molecule has 3 aromatic rings. The van der Waals surface area contributed by atoms with Gasteiger partial charge in [0.05, 0.1) is 17.7 Å². The molecule has 1 N–H and O–H groups in total. The van der Waals surface area contributed by atoms with Crippen molar-refractivity contribution in [1.82, 2.24) is 9.88 Å². The first-order chi connectivity index (χ1) is 14.2. The zero-order valence-corrected chi connectivity index (χ0v) is 15.9. The van der Waals surface area contributed by atoms with Gasteiger partial charge < -0.3 is 14.6 Å². The van der Waals surface area contributed by atoms with E-state index in [4.69, 9.17) is 4.42 Å². The maximum atomic E-state index is 13.2. The van der Waals surface area contributed by atoms with E-state index in [9.17, 15) is 9.59 Å². The quantitative estimate of drug-likeness (QED) is 0.744. The van der Waals surface area contributed by atoms with Crippen LogP contribution in [0.5, 0.6) is 0 Å². The van der Waals surface area contributed by atoms with Gasteiger partial charge in [0, 0.05) is 12.2 Å². The van der Waals surface area contributed by atoms with Crippen molar-refractivity contribution < 1.29 is 14.0 Å². The van der Waals surface area contributed by atoms with E-state index < -0.39 is 5.41 Å². The fourth-order valence-electron chi connectivity index (χ4n) is 4.86. The SMILES string of the molecule is O=C(c1cnco1)N1CC[C@]2(C(=O)Nc3ccccc32)[C@@H]1CCc1ccccc1. The maximum Gasteiger partial charge on any atom is 0.291 e. The number of para-hydroxylation sites is 1. The summed E-state index contributed by atoms with van der Waals surface area (Å²) in [6.45, 7) is 0.501. The number of fused-ring (bicyclic) bond motifs is 2. The Balaban J connectivity index is 1.54. The van der Waals surface area contributed by atoms with Crippen molar-refractivity contribution in [2.24, 2.45) is 0 Å². The van der Waals surface area contributed by atoms with Crippen LogP contribution in [0.3, 0.4) is 0 Å². The second-order valence-electron chi connectivity index (χ2n) is 7.63. The largest absolute Gasteiger partial charge is 0.438 e. The van der Waals surface area contributed by atoms with Gasteiger partial charge in [-0.25, -0.2) is 4.98 Å². The number of rotatable bonds is 4. The lowest BCUT2D eigenvalue weighted by Crippen LogP contribution is -2.49. The number of nitrogens with zero attached hydrogens (tertiary/aromatic N) is 2. The van der Waals surface area contributed by atoms with E-state index in [1.807, 2.05) is 42.5 Å². The Morgan fingerprint density at radius 2 is 1.97 bits per heavy atom. The van der Waals surface area contributed by atoms with Crippen LogP contribution >= 0.6 is 0 Å². The number of oxazole rings is 1. The molecule has 1 fully saturated rings. The van der Waals surface area contributed by atoms with Gasteiger partial charge in [0.15, 0.2) is 6.39 Å². The first-order valence-corrected chi connectivity index (χ1v) is 9.84. The Bertz CT molecular complexity index is 1050. The number of carbonyl (C=O) groups is 2. The highest BCUT2D eigenvalue weighted by molar-refractivity contribution is 6.08. The minimum atomic E-state index is -0.735. The molecule has 5 rings (SSSR count). The summed E-state index contributed by atoms with van der Waals surface area (Å²) in [5.41, 5.74) is 2.28. The number of aromatic nitrogens is 1. The predicted molar refractivity (Wildman–Crippen MR) is 107 cm³/mol.